The second kappa shape index (κ2) is 7.42. The minimum atomic E-state index is -3.83. The van der Waals surface area contributed by atoms with Crippen LogP contribution in [-0.4, -0.2) is 6.10 Å². The first-order valence-corrected chi connectivity index (χ1v) is 9.48. The highest BCUT2D eigenvalue weighted by Gasteiger charge is 2.34. The molecule has 4 nitrogen and oxygen atoms in total. The first-order chi connectivity index (χ1) is 11.2. The molecule has 2 aromatic carbocycles. The van der Waals surface area contributed by atoms with E-state index in [-0.39, 0.29) is 6.10 Å². The summed E-state index contributed by atoms with van der Waals surface area (Å²) in [4.78, 5) is 0. The highest BCUT2D eigenvalue weighted by molar-refractivity contribution is 7.49. The first kappa shape index (κ1) is 18.6. The van der Waals surface area contributed by atoms with Gasteiger partial charge in [0.25, 0.3) is 0 Å². The van der Waals surface area contributed by atoms with Gasteiger partial charge in [0.15, 0.2) is 0 Å². The number of hydrogen-bond acceptors (Lipinski definition) is 4. The van der Waals surface area contributed by atoms with Crippen LogP contribution in [0.3, 0.4) is 0 Å². The largest absolute Gasteiger partial charge is 0.587 e. The zero-order valence-electron chi connectivity index (χ0n) is 15.1. The van der Waals surface area contributed by atoms with Crippen molar-refractivity contribution in [2.75, 3.05) is 0 Å². The quantitative estimate of drug-likeness (QED) is 0.609. The molecule has 130 valence electrons. The Balaban J connectivity index is 2.42. The molecule has 0 heterocycles. The van der Waals surface area contributed by atoms with Crippen molar-refractivity contribution in [2.45, 2.75) is 47.6 Å². The molecule has 0 radical (unpaired) electrons. The predicted octanol–water partition coefficient (Wildman–Crippen LogP) is 5.91. The Hall–Kier alpha value is -1.77. The molecule has 0 spiro atoms. The molecular weight excluding hydrogens is 323 g/mol. The minimum Gasteiger partial charge on any atom is -0.394 e. The van der Waals surface area contributed by atoms with Gasteiger partial charge in [-0.15, -0.1) is 0 Å². The lowest BCUT2D eigenvalue weighted by molar-refractivity contribution is 0.166. The predicted molar refractivity (Wildman–Crippen MR) is 96.9 cm³/mol. The van der Waals surface area contributed by atoms with Gasteiger partial charge in [-0.2, -0.15) is 0 Å². The summed E-state index contributed by atoms with van der Waals surface area (Å²) in [6.07, 6.45) is -0.301. The molecule has 0 aliphatic heterocycles. The van der Waals surface area contributed by atoms with Crippen molar-refractivity contribution >= 4 is 7.82 Å². The zero-order valence-corrected chi connectivity index (χ0v) is 16.0. The van der Waals surface area contributed by atoms with Crippen LogP contribution in [0.15, 0.2) is 36.4 Å². The van der Waals surface area contributed by atoms with E-state index in [1.54, 1.807) is 13.8 Å². The number of para-hydroxylation sites is 2. The van der Waals surface area contributed by atoms with Crippen LogP contribution in [0.1, 0.15) is 36.1 Å². The molecule has 5 heteroatoms. The van der Waals surface area contributed by atoms with E-state index in [1.807, 2.05) is 64.1 Å². The highest BCUT2D eigenvalue weighted by Crippen LogP contribution is 2.52. The molecule has 0 fully saturated rings. The van der Waals surface area contributed by atoms with Crippen molar-refractivity contribution < 1.29 is 18.1 Å². The molecule has 2 rings (SSSR count). The van der Waals surface area contributed by atoms with Crippen LogP contribution in [0, 0.1) is 27.7 Å². The van der Waals surface area contributed by atoms with Gasteiger partial charge in [-0.3, -0.25) is 4.52 Å². The van der Waals surface area contributed by atoms with Crippen LogP contribution in [-0.2, 0) is 9.09 Å². The number of phosphoric acid groups is 1. The van der Waals surface area contributed by atoms with Gasteiger partial charge in [-0.05, 0) is 63.8 Å². The van der Waals surface area contributed by atoms with Crippen LogP contribution in [0.25, 0.3) is 0 Å². The van der Waals surface area contributed by atoms with Crippen LogP contribution in [0.2, 0.25) is 0 Å². The number of phosphoric ester groups is 1. The van der Waals surface area contributed by atoms with Gasteiger partial charge >= 0.3 is 7.82 Å². The lowest BCUT2D eigenvalue weighted by Crippen LogP contribution is -2.12. The summed E-state index contributed by atoms with van der Waals surface area (Å²) in [6, 6.07) is 11.5. The van der Waals surface area contributed by atoms with Gasteiger partial charge in [-0.25, -0.2) is 4.57 Å². The third-order valence-electron chi connectivity index (χ3n) is 3.56. The Morgan fingerprint density at radius 3 is 1.38 bits per heavy atom. The number of rotatable bonds is 6. The van der Waals surface area contributed by atoms with Crippen LogP contribution in [0.5, 0.6) is 11.5 Å². The van der Waals surface area contributed by atoms with Gasteiger partial charge in [0.05, 0.1) is 6.10 Å². The van der Waals surface area contributed by atoms with Crippen LogP contribution < -0.4 is 9.05 Å². The third kappa shape index (κ3) is 4.40. The molecule has 0 N–H and O–H groups in total. The number of aryl methyl sites for hydroxylation is 4. The topological polar surface area (TPSA) is 44.8 Å². The summed E-state index contributed by atoms with van der Waals surface area (Å²) in [5.74, 6) is 1.07. The summed E-state index contributed by atoms with van der Waals surface area (Å²) in [7, 11) is -3.83. The molecule has 0 bridgehead atoms. The fourth-order valence-corrected chi connectivity index (χ4v) is 4.09. The Morgan fingerprint density at radius 1 is 0.750 bits per heavy atom. The van der Waals surface area contributed by atoms with E-state index in [4.69, 9.17) is 13.6 Å². The summed E-state index contributed by atoms with van der Waals surface area (Å²) in [6.45, 7) is 11.2. The van der Waals surface area contributed by atoms with Crippen molar-refractivity contribution in [3.8, 4) is 11.5 Å². The monoisotopic (exact) mass is 348 g/mol. The number of benzene rings is 2. The Bertz CT molecular complexity index is 670. The Morgan fingerprint density at radius 2 is 1.08 bits per heavy atom. The molecule has 0 aliphatic carbocycles. The van der Waals surface area contributed by atoms with Gasteiger partial charge in [0.2, 0.25) is 0 Å². The lowest BCUT2D eigenvalue weighted by atomic mass is 10.1. The van der Waals surface area contributed by atoms with Crippen molar-refractivity contribution in [3.05, 3.63) is 58.7 Å². The zero-order chi connectivity index (χ0) is 17.9. The molecule has 0 atom stereocenters. The van der Waals surface area contributed by atoms with E-state index in [2.05, 4.69) is 0 Å². The maximum Gasteiger partial charge on any atom is 0.587 e. The molecule has 0 aromatic heterocycles. The number of hydrogen-bond donors (Lipinski definition) is 0. The molecule has 0 saturated heterocycles. The molecule has 0 unspecified atom stereocenters. The highest BCUT2D eigenvalue weighted by atomic mass is 31.2. The standard InChI is InChI=1S/C19H25O4P/c1-13(2)21-24(20,22-18-14(3)9-7-10-15(18)4)23-19-16(5)11-8-12-17(19)6/h7-13H,1-6H3. The minimum absolute atomic E-state index is 0.301. The van der Waals surface area contributed by atoms with E-state index in [0.717, 1.165) is 22.3 Å². The molecular formula is C19H25O4P. The summed E-state index contributed by atoms with van der Waals surface area (Å²) in [5, 5.41) is 0. The van der Waals surface area contributed by atoms with Crippen LogP contribution in [0.4, 0.5) is 0 Å². The Labute approximate surface area is 144 Å². The van der Waals surface area contributed by atoms with E-state index < -0.39 is 7.82 Å². The maximum absolute atomic E-state index is 13.3. The normalized spacial score (nSPS) is 11.6. The lowest BCUT2D eigenvalue weighted by Gasteiger charge is -2.24. The SMILES string of the molecule is Cc1cccc(C)c1OP(=O)(Oc1c(C)cccc1C)OC(C)C. The van der Waals surface area contributed by atoms with E-state index in [0.29, 0.717) is 11.5 Å². The summed E-state index contributed by atoms with van der Waals surface area (Å²) >= 11 is 0. The van der Waals surface area contributed by atoms with Gasteiger partial charge < -0.3 is 9.05 Å². The molecule has 0 aliphatic rings. The van der Waals surface area contributed by atoms with E-state index in [9.17, 15) is 4.57 Å². The average molecular weight is 348 g/mol. The second-order valence-corrected chi connectivity index (χ2v) is 7.70. The molecule has 0 amide bonds. The van der Waals surface area contributed by atoms with E-state index >= 15 is 0 Å². The Kier molecular flexibility index (Phi) is 5.74. The average Bonchev–Trinajstić information content (AvgIpc) is 2.47. The maximum atomic E-state index is 13.3. The van der Waals surface area contributed by atoms with E-state index in [1.165, 1.54) is 0 Å². The van der Waals surface area contributed by atoms with Gasteiger partial charge in [-0.1, -0.05) is 36.4 Å². The van der Waals surface area contributed by atoms with Crippen molar-refractivity contribution in [1.82, 2.24) is 0 Å². The van der Waals surface area contributed by atoms with Gasteiger partial charge in [0, 0.05) is 0 Å². The fourth-order valence-electron chi connectivity index (χ4n) is 2.43. The van der Waals surface area contributed by atoms with Crippen molar-refractivity contribution in [1.29, 1.82) is 0 Å². The second-order valence-electron chi connectivity index (χ2n) is 6.23. The summed E-state index contributed by atoms with van der Waals surface area (Å²) in [5.41, 5.74) is 3.53. The molecule has 2 aromatic rings. The molecule has 24 heavy (non-hydrogen) atoms. The smallest absolute Gasteiger partial charge is 0.394 e. The summed E-state index contributed by atoms with van der Waals surface area (Å²) < 4.78 is 30.5. The molecule has 0 saturated carbocycles. The fraction of sp³-hybridized carbons (Fsp3) is 0.368. The van der Waals surface area contributed by atoms with Crippen molar-refractivity contribution in [2.24, 2.45) is 0 Å². The first-order valence-electron chi connectivity index (χ1n) is 8.02. The third-order valence-corrected chi connectivity index (χ3v) is 5.06. The van der Waals surface area contributed by atoms with Crippen LogP contribution >= 0.6 is 7.82 Å². The van der Waals surface area contributed by atoms with Gasteiger partial charge in [0.1, 0.15) is 11.5 Å². The van der Waals surface area contributed by atoms with Crippen molar-refractivity contribution in [3.63, 3.8) is 0 Å².